The van der Waals surface area contributed by atoms with Crippen molar-refractivity contribution in [2.24, 2.45) is 0 Å². The van der Waals surface area contributed by atoms with Gasteiger partial charge in [0.15, 0.2) is 5.25 Å². The molecule has 6 heteroatoms. The zero-order valence-electron chi connectivity index (χ0n) is 18.3. The molecule has 168 valence electrons. The van der Waals surface area contributed by atoms with Gasteiger partial charge in [-0.15, -0.1) is 0 Å². The molecule has 0 rings (SSSR count). The number of carbonyl (C=O) groups excluding carboxylic acids is 1. The van der Waals surface area contributed by atoms with E-state index >= 15 is 0 Å². The molecule has 0 spiro atoms. The molecule has 0 aliphatic rings. The number of rotatable bonds is 20. The highest BCUT2D eigenvalue weighted by molar-refractivity contribution is 7.87. The average molecular weight is 421 g/mol. The predicted octanol–water partition coefficient (Wildman–Crippen LogP) is 6.46. The Hall–Kier alpha value is -0.620. The summed E-state index contributed by atoms with van der Waals surface area (Å²) in [5.74, 6) is -0.798. The minimum Gasteiger partial charge on any atom is -0.465 e. The molecule has 0 heterocycles. The third-order valence-corrected chi connectivity index (χ3v) is 6.33. The first kappa shape index (κ1) is 27.4. The van der Waals surface area contributed by atoms with E-state index in [0.29, 0.717) is 6.42 Å². The van der Waals surface area contributed by atoms with Crippen molar-refractivity contribution in [1.82, 2.24) is 0 Å². The van der Waals surface area contributed by atoms with Gasteiger partial charge in [-0.1, -0.05) is 110 Å². The summed E-state index contributed by atoms with van der Waals surface area (Å²) in [6, 6.07) is 0. The lowest BCUT2D eigenvalue weighted by atomic mass is 10.1. The van der Waals surface area contributed by atoms with Gasteiger partial charge in [0.05, 0.1) is 6.61 Å². The number of esters is 1. The van der Waals surface area contributed by atoms with Gasteiger partial charge in [-0.05, 0) is 12.8 Å². The third-order valence-electron chi connectivity index (χ3n) is 5.18. The highest BCUT2D eigenvalue weighted by atomic mass is 32.2. The van der Waals surface area contributed by atoms with Crippen molar-refractivity contribution in [3.05, 3.63) is 0 Å². The van der Waals surface area contributed by atoms with Gasteiger partial charge in [0.2, 0.25) is 0 Å². The van der Waals surface area contributed by atoms with Gasteiger partial charge in [-0.3, -0.25) is 9.35 Å². The fourth-order valence-electron chi connectivity index (χ4n) is 3.35. The number of unbranched alkanes of at least 4 members (excludes halogenated alkanes) is 14. The number of hydrogen-bond donors (Lipinski definition) is 1. The Morgan fingerprint density at radius 2 is 1.11 bits per heavy atom. The molecular weight excluding hydrogens is 376 g/mol. The first-order chi connectivity index (χ1) is 13.4. The Morgan fingerprint density at radius 1 is 0.714 bits per heavy atom. The van der Waals surface area contributed by atoms with E-state index in [-0.39, 0.29) is 13.0 Å². The monoisotopic (exact) mass is 420 g/mol. The van der Waals surface area contributed by atoms with E-state index < -0.39 is 21.3 Å². The standard InChI is InChI=1S/C22H44O5S/c1-3-5-7-9-11-13-15-17-19-21(28(24,25)26)22(23)27-20-18-16-14-12-10-8-6-4-2/h21H,3-20H2,1-2H3,(H,24,25,26). The second-order valence-electron chi connectivity index (χ2n) is 7.91. The topological polar surface area (TPSA) is 80.7 Å². The average Bonchev–Trinajstić information content (AvgIpc) is 2.64. The quantitative estimate of drug-likeness (QED) is 0.139. The molecule has 0 saturated carbocycles. The molecule has 0 aliphatic carbocycles. The van der Waals surface area contributed by atoms with E-state index in [2.05, 4.69) is 13.8 Å². The summed E-state index contributed by atoms with van der Waals surface area (Å²) >= 11 is 0. The van der Waals surface area contributed by atoms with Crippen LogP contribution < -0.4 is 0 Å². The first-order valence-electron chi connectivity index (χ1n) is 11.6. The third kappa shape index (κ3) is 16.3. The van der Waals surface area contributed by atoms with E-state index in [0.717, 1.165) is 38.5 Å². The normalized spacial score (nSPS) is 12.8. The molecule has 0 fully saturated rings. The van der Waals surface area contributed by atoms with Crippen molar-refractivity contribution in [3.8, 4) is 0 Å². The summed E-state index contributed by atoms with van der Waals surface area (Å²) in [6.45, 7) is 4.61. The molecule has 0 amide bonds. The molecule has 28 heavy (non-hydrogen) atoms. The van der Waals surface area contributed by atoms with Crippen molar-refractivity contribution < 1.29 is 22.5 Å². The lowest BCUT2D eigenvalue weighted by Crippen LogP contribution is -2.32. The van der Waals surface area contributed by atoms with Gasteiger partial charge in [0.1, 0.15) is 0 Å². The molecule has 1 unspecified atom stereocenters. The largest absolute Gasteiger partial charge is 0.465 e. The maximum Gasteiger partial charge on any atom is 0.326 e. The molecule has 0 aliphatic heterocycles. The highest BCUT2D eigenvalue weighted by Crippen LogP contribution is 2.15. The molecule has 5 nitrogen and oxygen atoms in total. The second-order valence-corrected chi connectivity index (χ2v) is 9.51. The number of carbonyl (C=O) groups is 1. The smallest absolute Gasteiger partial charge is 0.326 e. The molecule has 1 atom stereocenters. The van der Waals surface area contributed by atoms with Crippen molar-refractivity contribution >= 4 is 16.1 Å². The van der Waals surface area contributed by atoms with Gasteiger partial charge in [-0.2, -0.15) is 8.42 Å². The maximum absolute atomic E-state index is 12.1. The van der Waals surface area contributed by atoms with Crippen molar-refractivity contribution in [2.45, 2.75) is 128 Å². The van der Waals surface area contributed by atoms with E-state index in [4.69, 9.17) is 4.74 Å². The summed E-state index contributed by atoms with van der Waals surface area (Å²) in [6.07, 6.45) is 17.8. The minimum atomic E-state index is -4.40. The van der Waals surface area contributed by atoms with Crippen LogP contribution in [0.4, 0.5) is 0 Å². The molecule has 0 aromatic carbocycles. The molecule has 0 aromatic heterocycles. The minimum absolute atomic E-state index is 0.143. The van der Waals surface area contributed by atoms with Crippen LogP contribution in [0.3, 0.4) is 0 Å². The Morgan fingerprint density at radius 3 is 1.54 bits per heavy atom. The van der Waals surface area contributed by atoms with Gasteiger partial charge < -0.3 is 4.74 Å². The fraction of sp³-hybridized carbons (Fsp3) is 0.955. The van der Waals surface area contributed by atoms with Crippen LogP contribution in [0.2, 0.25) is 0 Å². The van der Waals surface area contributed by atoms with Crippen molar-refractivity contribution in [3.63, 3.8) is 0 Å². The van der Waals surface area contributed by atoms with Gasteiger partial charge in [-0.25, -0.2) is 0 Å². The summed E-state index contributed by atoms with van der Waals surface area (Å²) < 4.78 is 37.5. The lowest BCUT2D eigenvalue weighted by molar-refractivity contribution is -0.143. The van der Waals surface area contributed by atoms with Crippen LogP contribution in [0.5, 0.6) is 0 Å². The van der Waals surface area contributed by atoms with Crippen LogP contribution in [0.25, 0.3) is 0 Å². The molecule has 0 radical (unpaired) electrons. The van der Waals surface area contributed by atoms with E-state index in [1.807, 2.05) is 0 Å². The Kier molecular flexibility index (Phi) is 18.0. The summed E-state index contributed by atoms with van der Waals surface area (Å²) in [7, 11) is -4.40. The van der Waals surface area contributed by atoms with Crippen LogP contribution in [0, 0.1) is 0 Å². The van der Waals surface area contributed by atoms with Gasteiger partial charge >= 0.3 is 5.97 Å². The van der Waals surface area contributed by atoms with E-state index in [1.165, 1.54) is 57.8 Å². The molecular formula is C22H44O5S. The predicted molar refractivity (Wildman–Crippen MR) is 116 cm³/mol. The second kappa shape index (κ2) is 18.4. The van der Waals surface area contributed by atoms with Crippen molar-refractivity contribution in [2.75, 3.05) is 6.61 Å². The van der Waals surface area contributed by atoms with Crippen LogP contribution >= 0.6 is 0 Å². The SMILES string of the molecule is CCCCCCCCCCOC(=O)C(CCCCCCCCCC)S(=O)(=O)O. The Balaban J connectivity index is 3.89. The molecule has 0 aromatic rings. The van der Waals surface area contributed by atoms with Crippen LogP contribution in [-0.2, 0) is 19.6 Å². The van der Waals surface area contributed by atoms with Gasteiger partial charge in [0, 0.05) is 0 Å². The van der Waals surface area contributed by atoms with Crippen LogP contribution in [0.1, 0.15) is 123 Å². The Bertz CT molecular complexity index is 462. The van der Waals surface area contributed by atoms with Crippen LogP contribution in [0.15, 0.2) is 0 Å². The Labute approximate surface area is 173 Å². The number of hydrogen-bond acceptors (Lipinski definition) is 4. The fourth-order valence-corrected chi connectivity index (χ4v) is 4.13. The van der Waals surface area contributed by atoms with E-state index in [1.54, 1.807) is 0 Å². The van der Waals surface area contributed by atoms with E-state index in [9.17, 15) is 17.8 Å². The zero-order valence-corrected chi connectivity index (χ0v) is 19.1. The number of ether oxygens (including phenoxy) is 1. The lowest BCUT2D eigenvalue weighted by Gasteiger charge is -2.13. The molecule has 0 saturated heterocycles. The van der Waals surface area contributed by atoms with Crippen molar-refractivity contribution in [1.29, 1.82) is 0 Å². The summed E-state index contributed by atoms with van der Waals surface area (Å²) in [4.78, 5) is 12.1. The highest BCUT2D eigenvalue weighted by Gasteiger charge is 2.31. The summed E-state index contributed by atoms with van der Waals surface area (Å²) in [5, 5.41) is -1.43. The first-order valence-corrected chi connectivity index (χ1v) is 13.1. The zero-order chi connectivity index (χ0) is 21.1. The molecule has 0 bridgehead atoms. The van der Waals surface area contributed by atoms with Gasteiger partial charge in [0.25, 0.3) is 10.1 Å². The maximum atomic E-state index is 12.1. The molecule has 1 N–H and O–H groups in total. The summed E-state index contributed by atoms with van der Waals surface area (Å²) in [5.41, 5.74) is 0. The van der Waals surface area contributed by atoms with Crippen LogP contribution in [-0.4, -0.2) is 30.8 Å².